The molecule has 0 aromatic heterocycles. The monoisotopic (exact) mass is 280 g/mol. The number of rotatable bonds is 5. The Morgan fingerprint density at radius 3 is 2.75 bits per heavy atom. The van der Waals surface area contributed by atoms with Crippen molar-refractivity contribution in [3.8, 4) is 0 Å². The zero-order valence-electron chi connectivity index (χ0n) is 12.2. The molecule has 2 fully saturated rings. The molecule has 0 aromatic carbocycles. The minimum atomic E-state index is -0.637. The summed E-state index contributed by atoms with van der Waals surface area (Å²) in [4.78, 5) is 26.3. The van der Waals surface area contributed by atoms with Crippen molar-refractivity contribution in [2.45, 2.75) is 44.6 Å². The molecule has 0 aromatic rings. The van der Waals surface area contributed by atoms with Crippen LogP contribution in [0, 0.1) is 0 Å². The number of ether oxygens (including phenoxy) is 1. The first kappa shape index (κ1) is 15.0. The van der Waals surface area contributed by atoms with E-state index in [4.69, 9.17) is 4.74 Å². The number of carbonyl (C=O) groups is 2. The summed E-state index contributed by atoms with van der Waals surface area (Å²) < 4.78 is 5.47. The average molecular weight is 280 g/mol. The Kier molecular flexibility index (Phi) is 4.81. The van der Waals surface area contributed by atoms with Gasteiger partial charge < -0.3 is 15.0 Å². The van der Waals surface area contributed by atoms with E-state index in [1.54, 1.807) is 4.90 Å². The van der Waals surface area contributed by atoms with Gasteiger partial charge in [0.25, 0.3) is 0 Å². The Morgan fingerprint density at radius 2 is 2.10 bits per heavy atom. The summed E-state index contributed by atoms with van der Waals surface area (Å²) >= 11 is 0. The molecular formula is C15H24N2O3. The molecule has 1 saturated carbocycles. The molecule has 1 spiro atoms. The molecular weight excluding hydrogens is 256 g/mol. The van der Waals surface area contributed by atoms with Crippen LogP contribution < -0.4 is 5.32 Å². The molecule has 5 nitrogen and oxygen atoms in total. The van der Waals surface area contributed by atoms with Gasteiger partial charge in [-0.05, 0) is 19.8 Å². The molecule has 20 heavy (non-hydrogen) atoms. The van der Waals surface area contributed by atoms with Gasteiger partial charge in [-0.1, -0.05) is 25.0 Å². The van der Waals surface area contributed by atoms with Crippen molar-refractivity contribution >= 4 is 11.8 Å². The number of carbonyl (C=O) groups excluding carboxylic acids is 2. The van der Waals surface area contributed by atoms with Gasteiger partial charge in [0.15, 0.2) is 0 Å². The first-order chi connectivity index (χ1) is 9.53. The third kappa shape index (κ3) is 3.39. The van der Waals surface area contributed by atoms with Crippen molar-refractivity contribution in [1.29, 1.82) is 0 Å². The highest BCUT2D eigenvalue weighted by Gasteiger charge is 2.46. The molecule has 0 unspecified atom stereocenters. The summed E-state index contributed by atoms with van der Waals surface area (Å²) in [6.07, 6.45) is 3.92. The number of amides is 2. The van der Waals surface area contributed by atoms with E-state index in [1.807, 2.05) is 6.92 Å². The Balaban J connectivity index is 1.95. The Bertz CT molecular complexity index is 400. The highest BCUT2D eigenvalue weighted by molar-refractivity contribution is 5.93. The molecule has 1 heterocycles. The van der Waals surface area contributed by atoms with Gasteiger partial charge in [0.05, 0.1) is 13.2 Å². The summed E-state index contributed by atoms with van der Waals surface area (Å²) in [6, 6.07) is 0. The number of nitrogens with one attached hydrogen (secondary N) is 1. The fourth-order valence-electron chi connectivity index (χ4n) is 2.98. The van der Waals surface area contributed by atoms with Crippen molar-refractivity contribution < 1.29 is 14.3 Å². The molecule has 2 aliphatic rings. The minimum absolute atomic E-state index is 0.00870. The first-order valence-corrected chi connectivity index (χ1v) is 7.36. The highest BCUT2D eigenvalue weighted by atomic mass is 16.5. The van der Waals surface area contributed by atoms with E-state index in [9.17, 15) is 9.59 Å². The van der Waals surface area contributed by atoms with Crippen LogP contribution in [0.25, 0.3) is 0 Å². The predicted octanol–water partition coefficient (Wildman–Crippen LogP) is 1.24. The fraction of sp³-hybridized carbons (Fsp3) is 0.733. The van der Waals surface area contributed by atoms with E-state index < -0.39 is 5.54 Å². The lowest BCUT2D eigenvalue weighted by Gasteiger charge is -2.31. The van der Waals surface area contributed by atoms with E-state index in [-0.39, 0.29) is 11.8 Å². The van der Waals surface area contributed by atoms with Crippen molar-refractivity contribution in [2.75, 3.05) is 26.3 Å². The van der Waals surface area contributed by atoms with E-state index in [0.29, 0.717) is 32.7 Å². The molecule has 1 N–H and O–H groups in total. The van der Waals surface area contributed by atoms with Crippen molar-refractivity contribution in [2.24, 2.45) is 0 Å². The molecule has 2 rings (SSSR count). The van der Waals surface area contributed by atoms with E-state index in [2.05, 4.69) is 11.9 Å². The summed E-state index contributed by atoms with van der Waals surface area (Å²) in [5, 5.41) is 2.96. The molecule has 0 atom stereocenters. The first-order valence-electron chi connectivity index (χ1n) is 7.36. The quantitative estimate of drug-likeness (QED) is 0.609. The Hall–Kier alpha value is -1.36. The molecule has 1 aliphatic heterocycles. The number of hydrogen-bond donors (Lipinski definition) is 1. The standard InChI is InChI=1S/C15H24N2O3/c1-12(2)11-20-10-9-17-8-5-13(18)16-15(14(17)19)6-3-4-7-15/h1,3-11H2,2H3,(H,16,18). The molecule has 112 valence electrons. The zero-order valence-corrected chi connectivity index (χ0v) is 12.2. The third-order valence-electron chi connectivity index (χ3n) is 4.00. The molecule has 1 aliphatic carbocycles. The van der Waals surface area contributed by atoms with Crippen LogP contribution in [0.5, 0.6) is 0 Å². The normalized spacial score (nSPS) is 21.9. The summed E-state index contributed by atoms with van der Waals surface area (Å²) in [5.41, 5.74) is 0.332. The molecule has 0 bridgehead atoms. The van der Waals surface area contributed by atoms with Gasteiger partial charge in [-0.15, -0.1) is 0 Å². The summed E-state index contributed by atoms with van der Waals surface area (Å²) in [5.74, 6) is 0.0605. The number of hydrogen-bond acceptors (Lipinski definition) is 3. The Labute approximate surface area is 120 Å². The largest absolute Gasteiger partial charge is 0.375 e. The van der Waals surface area contributed by atoms with Crippen LogP contribution in [-0.4, -0.2) is 48.6 Å². The van der Waals surface area contributed by atoms with Crippen LogP contribution in [0.3, 0.4) is 0 Å². The van der Waals surface area contributed by atoms with Crippen LogP contribution in [0.15, 0.2) is 12.2 Å². The van der Waals surface area contributed by atoms with E-state index >= 15 is 0 Å². The van der Waals surface area contributed by atoms with Gasteiger partial charge in [-0.25, -0.2) is 0 Å². The predicted molar refractivity (Wildman–Crippen MR) is 76.2 cm³/mol. The average Bonchev–Trinajstić information content (AvgIpc) is 2.82. The number of nitrogens with zero attached hydrogens (tertiary/aromatic N) is 1. The zero-order chi connectivity index (χ0) is 14.6. The maximum absolute atomic E-state index is 12.7. The fourth-order valence-corrected chi connectivity index (χ4v) is 2.98. The van der Waals surface area contributed by atoms with E-state index in [0.717, 1.165) is 31.3 Å². The maximum atomic E-state index is 12.7. The topological polar surface area (TPSA) is 58.6 Å². The second kappa shape index (κ2) is 6.39. The Morgan fingerprint density at radius 1 is 1.40 bits per heavy atom. The lowest BCUT2D eigenvalue weighted by Crippen LogP contribution is -2.55. The lowest BCUT2D eigenvalue weighted by molar-refractivity contribution is -0.139. The molecule has 0 radical (unpaired) electrons. The second-order valence-corrected chi connectivity index (χ2v) is 5.89. The van der Waals surface area contributed by atoms with Gasteiger partial charge in [0, 0.05) is 19.5 Å². The van der Waals surface area contributed by atoms with Crippen molar-refractivity contribution in [3.05, 3.63) is 12.2 Å². The minimum Gasteiger partial charge on any atom is -0.375 e. The van der Waals surface area contributed by atoms with Gasteiger partial charge in [0.1, 0.15) is 5.54 Å². The van der Waals surface area contributed by atoms with Crippen LogP contribution in [0.4, 0.5) is 0 Å². The van der Waals surface area contributed by atoms with Crippen LogP contribution in [0.1, 0.15) is 39.0 Å². The third-order valence-corrected chi connectivity index (χ3v) is 4.00. The highest BCUT2D eigenvalue weighted by Crippen LogP contribution is 2.32. The summed E-state index contributed by atoms with van der Waals surface area (Å²) in [6.45, 7) is 7.73. The van der Waals surface area contributed by atoms with Crippen LogP contribution in [-0.2, 0) is 14.3 Å². The van der Waals surface area contributed by atoms with Crippen molar-refractivity contribution in [1.82, 2.24) is 10.2 Å². The van der Waals surface area contributed by atoms with Gasteiger partial charge in [-0.2, -0.15) is 0 Å². The maximum Gasteiger partial charge on any atom is 0.248 e. The smallest absolute Gasteiger partial charge is 0.248 e. The summed E-state index contributed by atoms with van der Waals surface area (Å²) in [7, 11) is 0. The SMILES string of the molecule is C=C(C)COCCN1CCC(=O)NC2(CCCC2)C1=O. The van der Waals surface area contributed by atoms with Gasteiger partial charge in [0.2, 0.25) is 11.8 Å². The van der Waals surface area contributed by atoms with Gasteiger partial charge >= 0.3 is 0 Å². The van der Waals surface area contributed by atoms with Crippen LogP contribution in [0.2, 0.25) is 0 Å². The molecule has 2 amide bonds. The molecule has 1 saturated heterocycles. The van der Waals surface area contributed by atoms with E-state index in [1.165, 1.54) is 0 Å². The second-order valence-electron chi connectivity index (χ2n) is 5.89. The van der Waals surface area contributed by atoms with Crippen molar-refractivity contribution in [3.63, 3.8) is 0 Å². The molecule has 5 heteroatoms. The van der Waals surface area contributed by atoms with Gasteiger partial charge in [-0.3, -0.25) is 9.59 Å². The lowest BCUT2D eigenvalue weighted by atomic mass is 9.96. The van der Waals surface area contributed by atoms with Crippen LogP contribution >= 0.6 is 0 Å².